The van der Waals surface area contributed by atoms with Crippen molar-refractivity contribution in [3.8, 4) is 11.1 Å². The number of rotatable bonds is 8. The fraction of sp³-hybridized carbons (Fsp3) is 0.333. The molecule has 5 heteroatoms. The van der Waals surface area contributed by atoms with Crippen molar-refractivity contribution in [3.05, 3.63) is 77.9 Å². The molecular formula is C27H31N3O2. The zero-order chi connectivity index (χ0) is 23.3. The van der Waals surface area contributed by atoms with Crippen molar-refractivity contribution in [2.75, 3.05) is 11.4 Å². The van der Waals surface area contributed by atoms with Crippen LogP contribution in [-0.4, -0.2) is 28.2 Å². The third-order valence-corrected chi connectivity index (χ3v) is 5.59. The summed E-state index contributed by atoms with van der Waals surface area (Å²) in [7, 11) is 0. The molecule has 0 radical (unpaired) electrons. The molecule has 2 aromatic carbocycles. The molecule has 0 saturated carbocycles. The first kappa shape index (κ1) is 23.3. The predicted molar refractivity (Wildman–Crippen MR) is 129 cm³/mol. The molecule has 32 heavy (non-hydrogen) atoms. The molecule has 1 atom stereocenters. The van der Waals surface area contributed by atoms with E-state index in [9.17, 15) is 9.59 Å². The first-order valence-corrected chi connectivity index (χ1v) is 11.1. The normalized spacial score (nSPS) is 11.9. The lowest BCUT2D eigenvalue weighted by molar-refractivity contribution is -0.121. The second kappa shape index (κ2) is 10.3. The van der Waals surface area contributed by atoms with Crippen LogP contribution in [0.1, 0.15) is 61.6 Å². The van der Waals surface area contributed by atoms with Crippen LogP contribution in [0, 0.1) is 12.8 Å². The van der Waals surface area contributed by atoms with Gasteiger partial charge in [0.05, 0.1) is 5.69 Å². The molecule has 1 heterocycles. The molecule has 3 aromatic rings. The molecule has 0 spiro atoms. The Bertz CT molecular complexity index is 1080. The quantitative estimate of drug-likeness (QED) is 0.422. The van der Waals surface area contributed by atoms with Gasteiger partial charge in [-0.15, -0.1) is 0 Å². The molecule has 166 valence electrons. The van der Waals surface area contributed by atoms with Crippen LogP contribution < -0.4 is 4.90 Å². The number of nitrogens with zero attached hydrogens (tertiary/aromatic N) is 3. The van der Waals surface area contributed by atoms with Gasteiger partial charge in [-0.25, -0.2) is 0 Å². The Morgan fingerprint density at radius 1 is 0.969 bits per heavy atom. The van der Waals surface area contributed by atoms with E-state index >= 15 is 0 Å². The van der Waals surface area contributed by atoms with Gasteiger partial charge in [0.15, 0.2) is 5.78 Å². The Balaban J connectivity index is 2.02. The number of carbonyl (C=O) groups is 2. The van der Waals surface area contributed by atoms with Crippen molar-refractivity contribution < 1.29 is 9.59 Å². The van der Waals surface area contributed by atoms with Gasteiger partial charge in [-0.1, -0.05) is 50.6 Å². The van der Waals surface area contributed by atoms with Crippen LogP contribution in [0.3, 0.4) is 0 Å². The van der Waals surface area contributed by atoms with Crippen molar-refractivity contribution in [2.45, 2.75) is 47.0 Å². The van der Waals surface area contributed by atoms with Crippen LogP contribution in [0.2, 0.25) is 0 Å². The number of aryl methyl sites for hydroxylation is 1. The van der Waals surface area contributed by atoms with E-state index in [-0.39, 0.29) is 23.5 Å². The number of carbonyl (C=O) groups excluding carboxylic acids is 2. The first-order valence-electron chi connectivity index (χ1n) is 11.1. The van der Waals surface area contributed by atoms with Gasteiger partial charge in [0.25, 0.3) is 0 Å². The van der Waals surface area contributed by atoms with Gasteiger partial charge in [0, 0.05) is 54.6 Å². The Morgan fingerprint density at radius 2 is 1.69 bits per heavy atom. The van der Waals surface area contributed by atoms with Gasteiger partial charge in [0.2, 0.25) is 5.91 Å². The monoisotopic (exact) mass is 429 g/mol. The van der Waals surface area contributed by atoms with Gasteiger partial charge in [0.1, 0.15) is 0 Å². The largest absolute Gasteiger partial charge is 0.312 e. The lowest BCUT2D eigenvalue weighted by atomic mass is 9.94. The Labute approximate surface area is 190 Å². The van der Waals surface area contributed by atoms with Crippen LogP contribution in [-0.2, 0) is 4.79 Å². The van der Waals surface area contributed by atoms with Gasteiger partial charge >= 0.3 is 0 Å². The van der Waals surface area contributed by atoms with Crippen LogP contribution in [0.15, 0.2) is 61.1 Å². The van der Waals surface area contributed by atoms with Gasteiger partial charge in [-0.2, -0.15) is 0 Å². The number of anilines is 1. The van der Waals surface area contributed by atoms with Crippen LogP contribution in [0.25, 0.3) is 11.1 Å². The number of ketones is 1. The standard InChI is InChI=1S/C27H31N3O2/c1-6-30(27(32)18(2)3)24-15-22(21-9-7-19(4)8-10-21)14-23(16-24)26(31)13-20(5)25-17-28-11-12-29-25/h7-12,14-18,20H,6,13H2,1-5H3. The zero-order valence-electron chi connectivity index (χ0n) is 19.5. The van der Waals surface area contributed by atoms with Gasteiger partial charge < -0.3 is 4.90 Å². The topological polar surface area (TPSA) is 63.2 Å². The van der Waals surface area contributed by atoms with E-state index in [4.69, 9.17) is 0 Å². The van der Waals surface area contributed by atoms with Gasteiger partial charge in [-0.05, 0) is 43.2 Å². The molecule has 0 aliphatic carbocycles. The van der Waals surface area contributed by atoms with Crippen molar-refractivity contribution in [1.29, 1.82) is 0 Å². The van der Waals surface area contributed by atoms with Crippen molar-refractivity contribution in [3.63, 3.8) is 0 Å². The third-order valence-electron chi connectivity index (χ3n) is 5.59. The summed E-state index contributed by atoms with van der Waals surface area (Å²) in [6.07, 6.45) is 5.29. The van der Waals surface area contributed by atoms with E-state index in [1.165, 1.54) is 5.56 Å². The summed E-state index contributed by atoms with van der Waals surface area (Å²) in [6.45, 7) is 10.3. The molecule has 0 aliphatic heterocycles. The Hall–Kier alpha value is -3.34. The van der Waals surface area contributed by atoms with Crippen LogP contribution in [0.4, 0.5) is 5.69 Å². The minimum Gasteiger partial charge on any atom is -0.312 e. The average Bonchev–Trinajstić information content (AvgIpc) is 2.80. The number of hydrogen-bond donors (Lipinski definition) is 0. The molecular weight excluding hydrogens is 398 g/mol. The van der Waals surface area contributed by atoms with Crippen molar-refractivity contribution >= 4 is 17.4 Å². The lowest BCUT2D eigenvalue weighted by Gasteiger charge is -2.24. The summed E-state index contributed by atoms with van der Waals surface area (Å²) < 4.78 is 0. The summed E-state index contributed by atoms with van der Waals surface area (Å²) in [5, 5.41) is 0. The highest BCUT2D eigenvalue weighted by Gasteiger charge is 2.21. The van der Waals surface area contributed by atoms with E-state index in [1.54, 1.807) is 23.5 Å². The van der Waals surface area contributed by atoms with Crippen LogP contribution in [0.5, 0.6) is 0 Å². The summed E-state index contributed by atoms with van der Waals surface area (Å²) in [6, 6.07) is 14.0. The second-order valence-electron chi connectivity index (χ2n) is 8.53. The fourth-order valence-corrected chi connectivity index (χ4v) is 3.68. The molecule has 5 nitrogen and oxygen atoms in total. The summed E-state index contributed by atoms with van der Waals surface area (Å²) >= 11 is 0. The highest BCUT2D eigenvalue weighted by molar-refractivity contribution is 6.01. The average molecular weight is 430 g/mol. The number of benzene rings is 2. The molecule has 0 bridgehead atoms. The maximum Gasteiger partial charge on any atom is 0.229 e. The van der Waals surface area contributed by atoms with E-state index in [1.807, 2.05) is 65.0 Å². The number of hydrogen-bond acceptors (Lipinski definition) is 4. The summed E-state index contributed by atoms with van der Waals surface area (Å²) in [5.41, 5.74) is 5.25. The highest BCUT2D eigenvalue weighted by atomic mass is 16.2. The highest BCUT2D eigenvalue weighted by Crippen LogP contribution is 2.30. The Kier molecular flexibility index (Phi) is 7.52. The van der Waals surface area contributed by atoms with Crippen molar-refractivity contribution in [2.24, 2.45) is 5.92 Å². The van der Waals surface area contributed by atoms with E-state index < -0.39 is 0 Å². The van der Waals surface area contributed by atoms with Crippen LogP contribution >= 0.6 is 0 Å². The Morgan fingerprint density at radius 3 is 2.28 bits per heavy atom. The SMILES string of the molecule is CCN(C(=O)C(C)C)c1cc(C(=O)CC(C)c2cnccn2)cc(-c2ccc(C)cc2)c1. The van der Waals surface area contributed by atoms with E-state index in [0.717, 1.165) is 22.5 Å². The lowest BCUT2D eigenvalue weighted by Crippen LogP contribution is -2.34. The van der Waals surface area contributed by atoms with Gasteiger partial charge in [-0.3, -0.25) is 19.6 Å². The first-order chi connectivity index (χ1) is 15.3. The summed E-state index contributed by atoms with van der Waals surface area (Å²) in [5.74, 6) is -0.123. The molecule has 1 unspecified atom stereocenters. The fourth-order valence-electron chi connectivity index (χ4n) is 3.68. The minimum atomic E-state index is -0.131. The number of amides is 1. The summed E-state index contributed by atoms with van der Waals surface area (Å²) in [4.78, 5) is 36.3. The number of Topliss-reactive ketones (excluding diaryl/α,β-unsaturated/α-hetero) is 1. The zero-order valence-corrected chi connectivity index (χ0v) is 19.5. The molecule has 3 rings (SSSR count). The van der Waals surface area contributed by atoms with E-state index in [0.29, 0.717) is 18.5 Å². The number of aromatic nitrogens is 2. The minimum absolute atomic E-state index is 0.0198. The maximum absolute atomic E-state index is 13.3. The molecule has 0 saturated heterocycles. The second-order valence-corrected chi connectivity index (χ2v) is 8.53. The molecule has 1 amide bonds. The maximum atomic E-state index is 13.3. The molecule has 0 N–H and O–H groups in total. The molecule has 1 aromatic heterocycles. The molecule has 0 aliphatic rings. The molecule has 0 fully saturated rings. The third kappa shape index (κ3) is 5.47. The smallest absolute Gasteiger partial charge is 0.229 e. The van der Waals surface area contributed by atoms with Crippen molar-refractivity contribution in [1.82, 2.24) is 9.97 Å². The van der Waals surface area contributed by atoms with E-state index in [2.05, 4.69) is 22.1 Å². The predicted octanol–water partition coefficient (Wildman–Crippen LogP) is 5.84.